The van der Waals surface area contributed by atoms with E-state index in [0.717, 1.165) is 16.0 Å². The number of allylic oxidation sites excluding steroid dienone is 2. The normalized spacial score (nSPS) is 30.0. The minimum Gasteiger partial charge on any atom is -0.508 e. The largest absolute Gasteiger partial charge is 0.508 e. The van der Waals surface area contributed by atoms with Crippen LogP contribution < -0.4 is 5.01 Å². The minimum atomic E-state index is -4.83. The Morgan fingerprint density at radius 3 is 2.42 bits per heavy atom. The summed E-state index contributed by atoms with van der Waals surface area (Å²) >= 11 is 24.0. The first-order chi connectivity index (χ1) is 22.6. The van der Waals surface area contributed by atoms with Gasteiger partial charge < -0.3 is 5.11 Å². The lowest BCUT2D eigenvalue weighted by Gasteiger charge is -2.51. The van der Waals surface area contributed by atoms with E-state index in [1.165, 1.54) is 13.1 Å². The van der Waals surface area contributed by atoms with E-state index >= 15 is 0 Å². The molecule has 1 saturated carbocycles. The second-order valence-electron chi connectivity index (χ2n) is 12.2. The zero-order chi connectivity index (χ0) is 34.7. The number of phenols is 1. The fraction of sp³-hybridized carbons (Fsp3) is 0.344. The fourth-order valence-electron chi connectivity index (χ4n) is 7.85. The highest BCUT2D eigenvalue weighted by molar-refractivity contribution is 9.09. The quantitative estimate of drug-likeness (QED) is 0.142. The van der Waals surface area contributed by atoms with Crippen LogP contribution in [0.25, 0.3) is 10.8 Å². The number of alkyl halides is 6. The number of benzene rings is 2. The number of pyridine rings is 1. The number of aromatic hydroxyl groups is 1. The molecule has 1 aromatic heterocycles. The maximum atomic E-state index is 14.3. The van der Waals surface area contributed by atoms with Crippen molar-refractivity contribution in [3.63, 3.8) is 0 Å². The van der Waals surface area contributed by atoms with E-state index in [1.54, 1.807) is 36.4 Å². The molecule has 4 amide bonds. The predicted octanol–water partition coefficient (Wildman–Crippen LogP) is 6.38. The van der Waals surface area contributed by atoms with Crippen molar-refractivity contribution in [3.8, 4) is 5.75 Å². The summed E-state index contributed by atoms with van der Waals surface area (Å²) in [5.74, 6) is -8.11. The van der Waals surface area contributed by atoms with E-state index < -0.39 is 74.7 Å². The van der Waals surface area contributed by atoms with E-state index in [2.05, 4.69) is 20.9 Å². The van der Waals surface area contributed by atoms with Gasteiger partial charge in [0.25, 0.3) is 23.6 Å². The molecular formula is C32H23BrCl3F3N4O5. The Hall–Kier alpha value is -3.39. The Balaban J connectivity index is 1.39. The third-order valence-electron chi connectivity index (χ3n) is 9.95. The van der Waals surface area contributed by atoms with Crippen molar-refractivity contribution < 1.29 is 37.5 Å². The lowest BCUT2D eigenvalue weighted by molar-refractivity contribution is -0.142. The number of rotatable bonds is 4. The second-order valence-corrected chi connectivity index (χ2v) is 14.4. The van der Waals surface area contributed by atoms with Gasteiger partial charge in [0.1, 0.15) is 11.4 Å². The molecule has 0 spiro atoms. The topological polar surface area (TPSA) is 111 Å². The molecule has 6 unspecified atom stereocenters. The van der Waals surface area contributed by atoms with Crippen molar-refractivity contribution >= 4 is 91.0 Å². The highest BCUT2D eigenvalue weighted by atomic mass is 79.9. The van der Waals surface area contributed by atoms with Crippen LogP contribution in [-0.4, -0.2) is 65.9 Å². The zero-order valence-electron chi connectivity index (χ0n) is 24.6. The monoisotopic (exact) mass is 784 g/mol. The molecule has 3 fully saturated rings. The number of anilines is 1. The van der Waals surface area contributed by atoms with Crippen molar-refractivity contribution in [2.24, 2.45) is 17.8 Å². The average Bonchev–Trinajstić information content (AvgIpc) is 3.38. The summed E-state index contributed by atoms with van der Waals surface area (Å²) in [6.45, 7) is 0. The number of carbonyl (C=O) groups excluding carboxylic acids is 4. The molecule has 16 heteroatoms. The number of amides is 4. The van der Waals surface area contributed by atoms with E-state index in [4.69, 9.17) is 34.8 Å². The number of halogens is 7. The summed E-state index contributed by atoms with van der Waals surface area (Å²) in [6, 6.07) is 11.8. The average molecular weight is 787 g/mol. The van der Waals surface area contributed by atoms with Gasteiger partial charge in [-0.3, -0.25) is 29.1 Å². The molecule has 3 heterocycles. The number of fused-ring (bicyclic) bond motifs is 5. The fourth-order valence-corrected chi connectivity index (χ4v) is 9.48. The van der Waals surface area contributed by atoms with Gasteiger partial charge >= 0.3 is 6.18 Å². The van der Waals surface area contributed by atoms with Gasteiger partial charge in [-0.15, -0.1) is 23.2 Å². The van der Waals surface area contributed by atoms with E-state index in [0.29, 0.717) is 27.4 Å². The van der Waals surface area contributed by atoms with Gasteiger partial charge in [0.05, 0.1) is 22.3 Å². The highest BCUT2D eigenvalue weighted by Crippen LogP contribution is 2.66. The van der Waals surface area contributed by atoms with E-state index in [-0.39, 0.29) is 34.6 Å². The zero-order valence-corrected chi connectivity index (χ0v) is 28.5. The predicted molar refractivity (Wildman–Crippen MR) is 173 cm³/mol. The number of imide groups is 2. The van der Waals surface area contributed by atoms with Gasteiger partial charge in [0, 0.05) is 18.5 Å². The molecule has 2 aliphatic heterocycles. The number of hydrogen-bond donors (Lipinski definition) is 1. The second kappa shape index (κ2) is 11.1. The van der Waals surface area contributed by atoms with Gasteiger partial charge in [-0.25, -0.2) is 4.98 Å². The van der Waals surface area contributed by atoms with Crippen LogP contribution >= 0.6 is 50.7 Å². The molecule has 0 radical (unpaired) electrons. The standard InChI is InChI=1S/C32H23BrCl3F3N4O5/c1-41(25-19(34)9-11-21(40-25)32(37,38)39)43-26(45)17-8-7-16-18(22(17)27(43)46)12-30(35)28(47)42(13-33)29(48)31(30,36)24(16)23-15-5-3-2-4-14(15)6-10-20(23)44/h2-7,9-11,17-18,22,24,44H,8,12-13H2,1H3. The van der Waals surface area contributed by atoms with Gasteiger partial charge in [0.15, 0.2) is 15.6 Å². The summed E-state index contributed by atoms with van der Waals surface area (Å²) in [6.07, 6.45) is -3.46. The molecule has 2 aliphatic carbocycles. The molecule has 48 heavy (non-hydrogen) atoms. The first kappa shape index (κ1) is 33.1. The number of carbonyl (C=O) groups is 4. The van der Waals surface area contributed by atoms with E-state index in [1.807, 2.05) is 0 Å². The molecule has 250 valence electrons. The molecule has 6 atom stereocenters. The molecule has 3 aromatic rings. The van der Waals surface area contributed by atoms with Crippen LogP contribution in [-0.2, 0) is 25.4 Å². The minimum absolute atomic E-state index is 0.0102. The van der Waals surface area contributed by atoms with Crippen molar-refractivity contribution in [2.45, 2.75) is 34.7 Å². The van der Waals surface area contributed by atoms with Crippen LogP contribution in [0.1, 0.15) is 30.0 Å². The molecule has 7 rings (SSSR count). The smallest absolute Gasteiger partial charge is 0.433 e. The molecule has 9 nitrogen and oxygen atoms in total. The summed E-state index contributed by atoms with van der Waals surface area (Å²) in [5.41, 5.74) is -0.834. The van der Waals surface area contributed by atoms with Gasteiger partial charge in [0.2, 0.25) is 0 Å². The van der Waals surface area contributed by atoms with Gasteiger partial charge in [-0.1, -0.05) is 69.5 Å². The van der Waals surface area contributed by atoms with Crippen LogP contribution in [0.3, 0.4) is 0 Å². The lowest BCUT2D eigenvalue weighted by Crippen LogP contribution is -2.60. The van der Waals surface area contributed by atoms with Crippen LogP contribution in [0.5, 0.6) is 5.75 Å². The third kappa shape index (κ3) is 4.32. The number of phenolic OH excluding ortho intramolecular Hbond substituents is 1. The van der Waals surface area contributed by atoms with Crippen molar-refractivity contribution in [1.82, 2.24) is 14.9 Å². The van der Waals surface area contributed by atoms with Crippen LogP contribution in [0, 0.1) is 17.8 Å². The number of aromatic nitrogens is 1. The van der Waals surface area contributed by atoms with Crippen LogP contribution in [0.4, 0.5) is 19.0 Å². The van der Waals surface area contributed by atoms with Crippen molar-refractivity contribution in [3.05, 3.63) is 76.5 Å². The number of likely N-dealkylation sites (tertiary alicyclic amines) is 1. The highest BCUT2D eigenvalue weighted by Gasteiger charge is 2.76. The Morgan fingerprint density at radius 1 is 1.02 bits per heavy atom. The molecule has 2 aromatic carbocycles. The van der Waals surface area contributed by atoms with Crippen LogP contribution in [0.15, 0.2) is 60.2 Å². The SMILES string of the molecule is CN(c1nc(C(F)(F)F)ccc1Cl)N1C(=O)C2CC=C3C(CC4(Cl)C(=O)N(CBr)C(=O)C4(Cl)C3c3c(O)ccc4ccccc34)C2C1=O. The summed E-state index contributed by atoms with van der Waals surface area (Å²) in [5, 5.41) is 14.0. The first-order valence-electron chi connectivity index (χ1n) is 14.6. The van der Waals surface area contributed by atoms with Crippen LogP contribution in [0.2, 0.25) is 5.02 Å². The molecule has 1 N–H and O–H groups in total. The summed E-state index contributed by atoms with van der Waals surface area (Å²) in [7, 11) is 1.20. The first-order valence-corrected chi connectivity index (χ1v) is 16.9. The Labute approximate surface area is 294 Å². The maximum absolute atomic E-state index is 14.3. The van der Waals surface area contributed by atoms with Gasteiger partial charge in [-0.05, 0) is 47.7 Å². The Morgan fingerprint density at radius 2 is 1.73 bits per heavy atom. The molecule has 2 saturated heterocycles. The Bertz CT molecular complexity index is 2000. The van der Waals surface area contributed by atoms with Crippen molar-refractivity contribution in [1.29, 1.82) is 0 Å². The maximum Gasteiger partial charge on any atom is 0.433 e. The van der Waals surface area contributed by atoms with Crippen molar-refractivity contribution in [2.75, 3.05) is 17.5 Å². The van der Waals surface area contributed by atoms with E-state index in [9.17, 15) is 37.5 Å². The Kier molecular flexibility index (Phi) is 7.63. The summed E-state index contributed by atoms with van der Waals surface area (Å²) < 4.78 is 40.6. The van der Waals surface area contributed by atoms with Gasteiger partial charge in [-0.2, -0.15) is 18.2 Å². The molecular weight excluding hydrogens is 764 g/mol. The third-order valence-corrected chi connectivity index (χ3v) is 12.2. The molecule has 0 bridgehead atoms. The number of nitrogens with zero attached hydrogens (tertiary/aromatic N) is 4. The molecule has 4 aliphatic rings. The summed E-state index contributed by atoms with van der Waals surface area (Å²) in [4.78, 5) is 56.5. The number of hydrazine groups is 1. The lowest BCUT2D eigenvalue weighted by atomic mass is 9.56. The number of hydrogen-bond acceptors (Lipinski definition) is 7.